The van der Waals surface area contributed by atoms with E-state index in [2.05, 4.69) is 36.3 Å². The second kappa shape index (κ2) is 8.24. The molecule has 152 valence electrons. The Hall–Kier alpha value is -3.25. The summed E-state index contributed by atoms with van der Waals surface area (Å²) < 4.78 is 1.38. The number of amides is 1. The molecule has 0 saturated heterocycles. The lowest BCUT2D eigenvalue weighted by Gasteiger charge is -2.16. The lowest BCUT2D eigenvalue weighted by atomic mass is 10.0. The fourth-order valence-electron chi connectivity index (χ4n) is 3.47. The number of fused-ring (bicyclic) bond motifs is 1. The first-order chi connectivity index (χ1) is 14.4. The van der Waals surface area contributed by atoms with Gasteiger partial charge in [-0.05, 0) is 43.0 Å². The van der Waals surface area contributed by atoms with Gasteiger partial charge >= 0.3 is 0 Å². The summed E-state index contributed by atoms with van der Waals surface area (Å²) in [7, 11) is 0. The minimum atomic E-state index is -0.222. The molecule has 2 aromatic heterocycles. The Morgan fingerprint density at radius 2 is 1.90 bits per heavy atom. The van der Waals surface area contributed by atoms with Crippen LogP contribution in [0, 0.1) is 13.8 Å². The summed E-state index contributed by atoms with van der Waals surface area (Å²) in [5.41, 5.74) is 5.06. The third-order valence-electron chi connectivity index (χ3n) is 5.37. The van der Waals surface area contributed by atoms with Gasteiger partial charge in [0.05, 0.1) is 17.8 Å². The van der Waals surface area contributed by atoms with Gasteiger partial charge in [-0.15, -0.1) is 11.3 Å². The molecule has 1 atom stereocenters. The maximum absolute atomic E-state index is 13.1. The molecule has 4 aromatic rings. The molecule has 0 saturated carbocycles. The topological polar surface area (TPSA) is 64.0 Å². The predicted octanol–water partition coefficient (Wildman–Crippen LogP) is 4.62. The summed E-state index contributed by atoms with van der Waals surface area (Å²) in [6.45, 7) is 5.99. The average molecular weight is 418 g/mol. The summed E-state index contributed by atoms with van der Waals surface area (Å²) in [5, 5.41) is 5.49. The van der Waals surface area contributed by atoms with Gasteiger partial charge in [0.25, 0.3) is 5.56 Å². The van der Waals surface area contributed by atoms with Crippen molar-refractivity contribution < 1.29 is 4.79 Å². The van der Waals surface area contributed by atoms with E-state index < -0.39 is 0 Å². The minimum absolute atomic E-state index is 0.0684. The number of aryl methyl sites for hydroxylation is 2. The molecule has 0 aliphatic rings. The van der Waals surface area contributed by atoms with E-state index in [0.29, 0.717) is 10.2 Å². The number of hydrogen-bond acceptors (Lipinski definition) is 4. The van der Waals surface area contributed by atoms with Gasteiger partial charge < -0.3 is 5.32 Å². The predicted molar refractivity (Wildman–Crippen MR) is 122 cm³/mol. The van der Waals surface area contributed by atoms with Gasteiger partial charge in [-0.3, -0.25) is 14.2 Å². The highest BCUT2D eigenvalue weighted by molar-refractivity contribution is 7.17. The minimum Gasteiger partial charge on any atom is -0.348 e. The zero-order valence-electron chi connectivity index (χ0n) is 17.2. The maximum Gasteiger partial charge on any atom is 0.263 e. The first-order valence-corrected chi connectivity index (χ1v) is 10.7. The van der Waals surface area contributed by atoms with E-state index in [1.807, 2.05) is 48.7 Å². The van der Waals surface area contributed by atoms with E-state index in [1.54, 1.807) is 0 Å². The van der Waals surface area contributed by atoms with Crippen LogP contribution in [0.25, 0.3) is 21.3 Å². The van der Waals surface area contributed by atoms with Crippen molar-refractivity contribution in [1.82, 2.24) is 14.9 Å². The van der Waals surface area contributed by atoms with E-state index in [-0.39, 0.29) is 24.1 Å². The molecule has 30 heavy (non-hydrogen) atoms. The fourth-order valence-corrected chi connectivity index (χ4v) is 4.38. The van der Waals surface area contributed by atoms with E-state index in [1.165, 1.54) is 33.4 Å². The molecule has 1 N–H and O–H groups in total. The Balaban J connectivity index is 1.58. The van der Waals surface area contributed by atoms with Gasteiger partial charge in [-0.2, -0.15) is 0 Å². The van der Waals surface area contributed by atoms with Crippen molar-refractivity contribution in [2.45, 2.75) is 33.4 Å². The number of carbonyl (C=O) groups is 1. The molecule has 2 aromatic carbocycles. The Morgan fingerprint density at radius 1 is 1.13 bits per heavy atom. The van der Waals surface area contributed by atoms with Gasteiger partial charge in [0.15, 0.2) is 0 Å². The van der Waals surface area contributed by atoms with E-state index in [0.717, 1.165) is 16.7 Å². The van der Waals surface area contributed by atoms with Crippen molar-refractivity contribution in [3.05, 3.63) is 87.3 Å². The molecule has 5 nitrogen and oxygen atoms in total. The van der Waals surface area contributed by atoms with Gasteiger partial charge in [-0.25, -0.2) is 4.98 Å². The van der Waals surface area contributed by atoms with Crippen LogP contribution >= 0.6 is 11.3 Å². The van der Waals surface area contributed by atoms with Gasteiger partial charge in [0.1, 0.15) is 11.4 Å². The van der Waals surface area contributed by atoms with Crippen LogP contribution in [-0.4, -0.2) is 15.5 Å². The average Bonchev–Trinajstić information content (AvgIpc) is 3.17. The van der Waals surface area contributed by atoms with Gasteiger partial charge in [0, 0.05) is 10.9 Å². The molecule has 0 bridgehead atoms. The van der Waals surface area contributed by atoms with Crippen molar-refractivity contribution in [3.8, 4) is 11.1 Å². The molecule has 0 unspecified atom stereocenters. The first-order valence-electron chi connectivity index (χ1n) is 9.82. The Morgan fingerprint density at radius 3 is 2.63 bits per heavy atom. The molecular weight excluding hydrogens is 394 g/mol. The SMILES string of the molecule is Cc1ccc([C@H](C)NC(=O)Cn2cnc3scc(-c4ccccc4)c3c2=O)cc1C. The van der Waals surface area contributed by atoms with Crippen molar-refractivity contribution in [1.29, 1.82) is 0 Å². The number of nitrogens with zero attached hydrogens (tertiary/aromatic N) is 2. The summed E-state index contributed by atoms with van der Waals surface area (Å²) in [5.74, 6) is -0.222. The van der Waals surface area contributed by atoms with Crippen LogP contribution in [0.15, 0.2) is 65.0 Å². The second-order valence-corrected chi connectivity index (χ2v) is 8.36. The Kier molecular flexibility index (Phi) is 5.50. The molecule has 1 amide bonds. The van der Waals surface area contributed by atoms with Gasteiger partial charge in [0.2, 0.25) is 5.91 Å². The quantitative estimate of drug-likeness (QED) is 0.515. The molecule has 6 heteroatoms. The molecule has 0 radical (unpaired) electrons. The third-order valence-corrected chi connectivity index (χ3v) is 6.25. The van der Waals surface area contributed by atoms with Gasteiger partial charge in [-0.1, -0.05) is 48.5 Å². The summed E-state index contributed by atoms with van der Waals surface area (Å²) in [6.07, 6.45) is 1.45. The molecule has 0 aliphatic carbocycles. The van der Waals surface area contributed by atoms with Crippen LogP contribution in [0.4, 0.5) is 0 Å². The maximum atomic E-state index is 13.1. The highest BCUT2D eigenvalue weighted by atomic mass is 32.1. The zero-order chi connectivity index (χ0) is 21.3. The number of hydrogen-bond donors (Lipinski definition) is 1. The van der Waals surface area contributed by atoms with Crippen LogP contribution in [-0.2, 0) is 11.3 Å². The summed E-state index contributed by atoms with van der Waals surface area (Å²) in [6, 6.07) is 15.8. The monoisotopic (exact) mass is 417 g/mol. The van der Waals surface area contributed by atoms with Crippen molar-refractivity contribution in [3.63, 3.8) is 0 Å². The van der Waals surface area contributed by atoms with Crippen molar-refractivity contribution in [2.24, 2.45) is 0 Å². The van der Waals surface area contributed by atoms with Crippen molar-refractivity contribution in [2.75, 3.05) is 0 Å². The number of nitrogens with one attached hydrogen (secondary N) is 1. The summed E-state index contributed by atoms with van der Waals surface area (Å²) >= 11 is 1.44. The third kappa shape index (κ3) is 3.91. The Bertz CT molecular complexity index is 1270. The summed E-state index contributed by atoms with van der Waals surface area (Å²) in [4.78, 5) is 30.8. The molecule has 2 heterocycles. The van der Waals surface area contributed by atoms with Crippen LogP contribution in [0.5, 0.6) is 0 Å². The fraction of sp³-hybridized carbons (Fsp3) is 0.208. The van der Waals surface area contributed by atoms with Crippen molar-refractivity contribution >= 4 is 27.5 Å². The first kappa shape index (κ1) is 20.0. The smallest absolute Gasteiger partial charge is 0.263 e. The van der Waals surface area contributed by atoms with Crippen LogP contribution in [0.2, 0.25) is 0 Å². The lowest BCUT2D eigenvalue weighted by Crippen LogP contribution is -2.34. The highest BCUT2D eigenvalue weighted by Crippen LogP contribution is 2.30. The number of aromatic nitrogens is 2. The number of thiophene rings is 1. The number of carbonyl (C=O) groups excluding carboxylic acids is 1. The lowest BCUT2D eigenvalue weighted by molar-refractivity contribution is -0.122. The highest BCUT2D eigenvalue weighted by Gasteiger charge is 2.16. The molecule has 0 fully saturated rings. The van der Waals surface area contributed by atoms with Crippen LogP contribution < -0.4 is 10.9 Å². The molecule has 4 rings (SSSR count). The second-order valence-electron chi connectivity index (χ2n) is 7.51. The normalized spacial score (nSPS) is 12.1. The number of rotatable bonds is 5. The van der Waals surface area contributed by atoms with E-state index in [9.17, 15) is 9.59 Å². The van der Waals surface area contributed by atoms with Crippen LogP contribution in [0.1, 0.15) is 29.7 Å². The molecule has 0 aliphatic heterocycles. The Labute approximate surface area is 179 Å². The van der Waals surface area contributed by atoms with E-state index >= 15 is 0 Å². The largest absolute Gasteiger partial charge is 0.348 e. The molecular formula is C24H23N3O2S. The van der Waals surface area contributed by atoms with E-state index in [4.69, 9.17) is 0 Å². The number of benzene rings is 2. The molecule has 0 spiro atoms. The standard InChI is InChI=1S/C24H23N3O2S/c1-15-9-10-19(11-16(15)2)17(3)26-21(28)12-27-14-25-23-22(24(27)29)20(13-30-23)18-7-5-4-6-8-18/h4-11,13-14,17H,12H2,1-3H3,(H,26,28)/t17-/m0/s1. The van der Waals surface area contributed by atoms with Crippen LogP contribution in [0.3, 0.4) is 0 Å². The zero-order valence-corrected chi connectivity index (χ0v) is 18.0.